The zero-order chi connectivity index (χ0) is 25.4. The van der Waals surface area contributed by atoms with E-state index in [1.54, 1.807) is 0 Å². The summed E-state index contributed by atoms with van der Waals surface area (Å²) < 4.78 is 45.2. The molecule has 0 saturated heterocycles. The smallest absolute Gasteiger partial charge is 0.212 e. The fourth-order valence-corrected chi connectivity index (χ4v) is 4.16. The van der Waals surface area contributed by atoms with Gasteiger partial charge >= 0.3 is 0 Å². The molecule has 0 unspecified atom stereocenters. The van der Waals surface area contributed by atoms with E-state index in [1.165, 1.54) is 27.8 Å². The number of aryl methyl sites for hydroxylation is 1. The van der Waals surface area contributed by atoms with Crippen LogP contribution in [0.25, 0.3) is 23.1 Å². The summed E-state index contributed by atoms with van der Waals surface area (Å²) in [5.41, 5.74) is 4.95. The third-order valence-corrected chi connectivity index (χ3v) is 6.54. The standard InChI is InChI=1S/C22H25N2.C6H5FO3S.H2O/c1-4-24(5-2)21-15-11-18(12-16-21)10-14-20-17-13-19-8-6-7-9-22(19)23(20)3;7-5-1-3-6(4-2-5)11(8,9)10;/h6-17H,4-5H2,1-3H3;1-4H,(H,8,9,10);1H2/q+1;;/p-1. The first kappa shape index (κ1) is 28.6. The first-order valence-electron chi connectivity index (χ1n) is 11.3. The minimum absolute atomic E-state index is 0. The van der Waals surface area contributed by atoms with E-state index in [1.807, 2.05) is 0 Å². The third-order valence-electron chi connectivity index (χ3n) is 5.69. The molecule has 0 aliphatic rings. The molecule has 0 bridgehead atoms. The van der Waals surface area contributed by atoms with Gasteiger partial charge in [-0.3, -0.25) is 0 Å². The molecular weight excluding hydrogens is 479 g/mol. The third kappa shape index (κ3) is 7.45. The van der Waals surface area contributed by atoms with Crippen molar-refractivity contribution in [2.24, 2.45) is 7.05 Å². The van der Waals surface area contributed by atoms with E-state index < -0.39 is 20.8 Å². The Morgan fingerprint density at radius 3 is 2.06 bits per heavy atom. The van der Waals surface area contributed by atoms with Gasteiger partial charge in [-0.1, -0.05) is 24.3 Å². The van der Waals surface area contributed by atoms with Gasteiger partial charge in [0.1, 0.15) is 23.0 Å². The maximum Gasteiger partial charge on any atom is 0.212 e. The minimum atomic E-state index is -4.44. The van der Waals surface area contributed by atoms with Crippen LogP contribution in [0, 0.1) is 5.82 Å². The summed E-state index contributed by atoms with van der Waals surface area (Å²) in [6.45, 7) is 6.46. The molecule has 0 aliphatic carbocycles. The largest absolute Gasteiger partial charge is 0.744 e. The van der Waals surface area contributed by atoms with Gasteiger partial charge in [-0.25, -0.2) is 12.8 Å². The number of nitrogens with zero attached hydrogens (tertiary/aromatic N) is 2. The Bertz CT molecular complexity index is 1400. The number of anilines is 1. The van der Waals surface area contributed by atoms with Crippen molar-refractivity contribution in [3.8, 4) is 0 Å². The molecule has 0 fully saturated rings. The molecule has 1 aromatic heterocycles. The molecule has 0 saturated carbocycles. The Labute approximate surface area is 212 Å². The molecule has 36 heavy (non-hydrogen) atoms. The maximum atomic E-state index is 12.2. The number of halogens is 1. The van der Waals surface area contributed by atoms with Gasteiger partial charge in [-0.15, -0.1) is 0 Å². The molecule has 0 amide bonds. The molecular formula is C28H31FN2O4S. The van der Waals surface area contributed by atoms with E-state index in [0.717, 1.165) is 37.4 Å². The van der Waals surface area contributed by atoms with Crippen molar-refractivity contribution in [3.05, 3.63) is 102 Å². The van der Waals surface area contributed by atoms with Crippen molar-refractivity contribution in [1.29, 1.82) is 0 Å². The zero-order valence-electron chi connectivity index (χ0n) is 20.6. The summed E-state index contributed by atoms with van der Waals surface area (Å²) in [6.07, 6.45) is 4.36. The summed E-state index contributed by atoms with van der Waals surface area (Å²) >= 11 is 0. The topological polar surface area (TPSA) is 95.8 Å². The highest BCUT2D eigenvalue weighted by atomic mass is 32.2. The van der Waals surface area contributed by atoms with Crippen LogP contribution in [0.15, 0.2) is 89.8 Å². The summed E-state index contributed by atoms with van der Waals surface area (Å²) in [5.74, 6) is -0.572. The first-order valence-corrected chi connectivity index (χ1v) is 12.8. The number of hydrogen-bond acceptors (Lipinski definition) is 4. The fourth-order valence-electron chi connectivity index (χ4n) is 3.70. The fraction of sp³-hybridized carbons (Fsp3) is 0.179. The quantitative estimate of drug-likeness (QED) is 0.280. The van der Waals surface area contributed by atoms with Crippen LogP contribution in [-0.4, -0.2) is 31.5 Å². The van der Waals surface area contributed by atoms with Gasteiger partial charge in [-0.05, 0) is 74.0 Å². The molecule has 1 heterocycles. The van der Waals surface area contributed by atoms with E-state index in [4.69, 9.17) is 0 Å². The lowest BCUT2D eigenvalue weighted by Gasteiger charge is -2.20. The molecule has 0 spiro atoms. The van der Waals surface area contributed by atoms with Crippen LogP contribution in [0.2, 0.25) is 0 Å². The normalized spacial score (nSPS) is 11.0. The van der Waals surface area contributed by atoms with Crippen LogP contribution in [0.4, 0.5) is 10.1 Å². The van der Waals surface area contributed by atoms with Crippen LogP contribution >= 0.6 is 0 Å². The predicted molar refractivity (Wildman–Crippen MR) is 142 cm³/mol. The van der Waals surface area contributed by atoms with E-state index in [9.17, 15) is 17.4 Å². The number of pyridine rings is 1. The molecule has 8 heteroatoms. The second-order valence-corrected chi connectivity index (χ2v) is 9.26. The van der Waals surface area contributed by atoms with Gasteiger partial charge in [0.05, 0.1) is 4.90 Å². The average molecular weight is 511 g/mol. The van der Waals surface area contributed by atoms with Crippen LogP contribution in [0.5, 0.6) is 0 Å². The monoisotopic (exact) mass is 510 g/mol. The van der Waals surface area contributed by atoms with Crippen LogP contribution < -0.4 is 9.47 Å². The van der Waals surface area contributed by atoms with Crippen LogP contribution in [-0.2, 0) is 17.2 Å². The molecule has 2 N–H and O–H groups in total. The van der Waals surface area contributed by atoms with Gasteiger partial charge in [-0.2, -0.15) is 4.57 Å². The lowest BCUT2D eigenvalue weighted by Crippen LogP contribution is -2.32. The Hall–Kier alpha value is -3.59. The Kier molecular flexibility index (Phi) is 10.3. The number of hydrogen-bond donors (Lipinski definition) is 0. The Balaban J connectivity index is 0.000000321. The summed E-state index contributed by atoms with van der Waals surface area (Å²) in [5, 5.41) is 1.26. The number of rotatable bonds is 6. The van der Waals surface area contributed by atoms with E-state index >= 15 is 0 Å². The highest BCUT2D eigenvalue weighted by Crippen LogP contribution is 2.17. The van der Waals surface area contributed by atoms with Crippen LogP contribution in [0.1, 0.15) is 25.1 Å². The number of fused-ring (bicyclic) bond motifs is 1. The molecule has 190 valence electrons. The van der Waals surface area contributed by atoms with Crippen molar-refractivity contribution in [1.82, 2.24) is 0 Å². The molecule has 4 rings (SSSR count). The highest BCUT2D eigenvalue weighted by molar-refractivity contribution is 7.85. The molecule has 0 atom stereocenters. The Morgan fingerprint density at radius 2 is 1.47 bits per heavy atom. The number of aromatic nitrogens is 1. The summed E-state index contributed by atoms with van der Waals surface area (Å²) in [4.78, 5) is 1.94. The van der Waals surface area contributed by atoms with Crippen molar-refractivity contribution in [3.63, 3.8) is 0 Å². The van der Waals surface area contributed by atoms with Crippen molar-refractivity contribution < 1.29 is 27.4 Å². The lowest BCUT2D eigenvalue weighted by atomic mass is 10.1. The average Bonchev–Trinajstić information content (AvgIpc) is 2.85. The highest BCUT2D eigenvalue weighted by Gasteiger charge is 2.08. The zero-order valence-corrected chi connectivity index (χ0v) is 21.4. The summed E-state index contributed by atoms with van der Waals surface area (Å²) in [6, 6.07) is 25.3. The van der Waals surface area contributed by atoms with E-state index in [-0.39, 0.29) is 5.48 Å². The van der Waals surface area contributed by atoms with Crippen molar-refractivity contribution in [2.45, 2.75) is 18.7 Å². The van der Waals surface area contributed by atoms with Crippen molar-refractivity contribution >= 4 is 38.9 Å². The summed E-state index contributed by atoms with van der Waals surface area (Å²) in [7, 11) is -2.32. The first-order chi connectivity index (χ1) is 16.7. The van der Waals surface area contributed by atoms with Gasteiger partial charge < -0.3 is 14.9 Å². The van der Waals surface area contributed by atoms with Gasteiger partial charge in [0, 0.05) is 42.4 Å². The molecule has 4 aromatic rings. The van der Waals surface area contributed by atoms with Crippen LogP contribution in [0.3, 0.4) is 0 Å². The number of benzene rings is 3. The van der Waals surface area contributed by atoms with E-state index in [0.29, 0.717) is 0 Å². The molecule has 6 nitrogen and oxygen atoms in total. The van der Waals surface area contributed by atoms with Gasteiger partial charge in [0.15, 0.2) is 0 Å². The molecule has 0 radical (unpaired) electrons. The minimum Gasteiger partial charge on any atom is -0.744 e. The Morgan fingerprint density at radius 1 is 0.861 bits per heavy atom. The van der Waals surface area contributed by atoms with E-state index in [2.05, 4.69) is 103 Å². The SMILES string of the molecule is CCN(CC)c1ccc(/C=C/c2ccc3ccccc3[n+]2C)cc1.O.O=S(=O)([O-])c1ccc(F)cc1. The second-order valence-electron chi connectivity index (χ2n) is 7.88. The van der Waals surface area contributed by atoms with Crippen molar-refractivity contribution in [2.75, 3.05) is 18.0 Å². The van der Waals surface area contributed by atoms with Gasteiger partial charge in [0.25, 0.3) is 0 Å². The molecule has 0 aliphatic heterocycles. The second kappa shape index (κ2) is 12.9. The lowest BCUT2D eigenvalue weighted by molar-refractivity contribution is -0.646. The maximum absolute atomic E-state index is 12.2. The van der Waals surface area contributed by atoms with Gasteiger partial charge in [0.2, 0.25) is 11.2 Å². The number of para-hydroxylation sites is 1. The molecule has 3 aromatic carbocycles. The predicted octanol–water partition coefficient (Wildman–Crippen LogP) is 4.59.